The highest BCUT2D eigenvalue weighted by Crippen LogP contribution is 2.40. The Bertz CT molecular complexity index is 536. The van der Waals surface area contributed by atoms with Gasteiger partial charge in [-0.1, -0.05) is 11.6 Å². The number of aliphatic carboxylic acids is 1. The molecule has 1 aromatic carbocycles. The lowest BCUT2D eigenvalue weighted by Gasteiger charge is -2.30. The summed E-state index contributed by atoms with van der Waals surface area (Å²) in [5.74, 6) is 0.273. The lowest BCUT2D eigenvalue weighted by molar-refractivity contribution is -0.156. The van der Waals surface area contributed by atoms with Crippen LogP contribution >= 0.6 is 11.6 Å². The Morgan fingerprint density at radius 1 is 1.45 bits per heavy atom. The Morgan fingerprint density at radius 2 is 2.30 bits per heavy atom. The number of nitrogens with zero attached hydrogens (tertiary/aromatic N) is 1. The maximum atomic E-state index is 11.0. The average Bonchev–Trinajstić information content (AvgIpc) is 2.88. The molecule has 20 heavy (non-hydrogen) atoms. The van der Waals surface area contributed by atoms with E-state index < -0.39 is 12.1 Å². The van der Waals surface area contributed by atoms with E-state index in [1.807, 2.05) is 17.0 Å². The highest BCUT2D eigenvalue weighted by molar-refractivity contribution is 6.32. The Morgan fingerprint density at radius 3 is 3.10 bits per heavy atom. The molecule has 2 heterocycles. The highest BCUT2D eigenvalue weighted by atomic mass is 35.5. The summed E-state index contributed by atoms with van der Waals surface area (Å²) in [6.07, 6.45) is -0.770. The Kier molecular flexibility index (Phi) is 3.69. The second-order valence-corrected chi connectivity index (χ2v) is 5.15. The number of fused-ring (bicyclic) bond motifs is 1. The Hall–Kier alpha value is -1.50. The molecule has 0 aliphatic carbocycles. The highest BCUT2D eigenvalue weighted by Gasteiger charge is 2.27. The first-order valence-electron chi connectivity index (χ1n) is 6.28. The van der Waals surface area contributed by atoms with Crippen molar-refractivity contribution in [1.29, 1.82) is 0 Å². The van der Waals surface area contributed by atoms with Gasteiger partial charge >= 0.3 is 5.97 Å². The van der Waals surface area contributed by atoms with E-state index in [0.29, 0.717) is 42.8 Å². The quantitative estimate of drug-likeness (QED) is 0.909. The van der Waals surface area contributed by atoms with Crippen LogP contribution in [0.3, 0.4) is 0 Å². The van der Waals surface area contributed by atoms with Gasteiger partial charge in [0.1, 0.15) is 0 Å². The van der Waals surface area contributed by atoms with Gasteiger partial charge in [-0.2, -0.15) is 0 Å². The number of carboxylic acid groups (broad SMARTS) is 1. The minimum atomic E-state index is -0.932. The summed E-state index contributed by atoms with van der Waals surface area (Å²) in [7, 11) is 0. The Balaban J connectivity index is 1.72. The van der Waals surface area contributed by atoms with Crippen molar-refractivity contribution in [3.8, 4) is 11.5 Å². The molecule has 1 aromatic rings. The lowest BCUT2D eigenvalue weighted by atomic mass is 10.1. The van der Waals surface area contributed by atoms with Crippen LogP contribution in [0.25, 0.3) is 0 Å². The summed E-state index contributed by atoms with van der Waals surface area (Å²) in [4.78, 5) is 13.0. The summed E-state index contributed by atoms with van der Waals surface area (Å²) >= 11 is 6.13. The monoisotopic (exact) mass is 299 g/mol. The molecule has 1 atom stereocenters. The van der Waals surface area contributed by atoms with E-state index in [1.54, 1.807) is 0 Å². The van der Waals surface area contributed by atoms with Crippen LogP contribution in [0.4, 0.5) is 0 Å². The molecule has 1 fully saturated rings. The van der Waals surface area contributed by atoms with Gasteiger partial charge in [0.2, 0.25) is 6.79 Å². The van der Waals surface area contributed by atoms with Crippen molar-refractivity contribution < 1.29 is 24.1 Å². The number of halogens is 1. The summed E-state index contributed by atoms with van der Waals surface area (Å²) in [5, 5.41) is 9.50. The topological polar surface area (TPSA) is 68.2 Å². The molecular formula is C13H14ClNO5. The first-order valence-corrected chi connectivity index (χ1v) is 6.66. The number of benzene rings is 1. The van der Waals surface area contributed by atoms with Crippen LogP contribution in [0.5, 0.6) is 11.5 Å². The van der Waals surface area contributed by atoms with Gasteiger partial charge in [0.15, 0.2) is 17.6 Å². The van der Waals surface area contributed by atoms with Gasteiger partial charge in [-0.15, -0.1) is 0 Å². The van der Waals surface area contributed by atoms with Crippen molar-refractivity contribution in [2.45, 2.75) is 12.6 Å². The van der Waals surface area contributed by atoms with Crippen LogP contribution in [-0.4, -0.2) is 48.6 Å². The van der Waals surface area contributed by atoms with Crippen LogP contribution in [0.15, 0.2) is 12.1 Å². The zero-order chi connectivity index (χ0) is 14.1. The molecular weight excluding hydrogens is 286 g/mol. The number of ether oxygens (including phenoxy) is 3. The number of hydrogen-bond donors (Lipinski definition) is 1. The zero-order valence-electron chi connectivity index (χ0n) is 10.7. The molecule has 0 bridgehead atoms. The van der Waals surface area contributed by atoms with Gasteiger partial charge in [0.05, 0.1) is 11.6 Å². The minimum absolute atomic E-state index is 0.178. The van der Waals surface area contributed by atoms with Crippen LogP contribution < -0.4 is 9.47 Å². The second-order valence-electron chi connectivity index (χ2n) is 4.74. The molecule has 1 saturated heterocycles. The first kappa shape index (κ1) is 13.5. The third kappa shape index (κ3) is 2.67. The number of rotatable bonds is 3. The predicted molar refractivity (Wildman–Crippen MR) is 70.2 cm³/mol. The van der Waals surface area contributed by atoms with Crippen LogP contribution in [0, 0.1) is 0 Å². The van der Waals surface area contributed by atoms with Crippen molar-refractivity contribution in [2.75, 3.05) is 26.5 Å². The molecule has 2 aliphatic heterocycles. The van der Waals surface area contributed by atoms with E-state index in [9.17, 15) is 4.79 Å². The molecule has 2 aliphatic rings. The summed E-state index contributed by atoms with van der Waals surface area (Å²) in [5.41, 5.74) is 0.963. The van der Waals surface area contributed by atoms with Gasteiger partial charge in [-0.25, -0.2) is 4.79 Å². The second kappa shape index (κ2) is 5.47. The molecule has 1 unspecified atom stereocenters. The fraction of sp³-hybridized carbons (Fsp3) is 0.462. The number of hydrogen-bond acceptors (Lipinski definition) is 5. The Labute approximate surface area is 120 Å². The van der Waals surface area contributed by atoms with Gasteiger partial charge in [0, 0.05) is 19.6 Å². The molecule has 1 N–H and O–H groups in total. The van der Waals surface area contributed by atoms with E-state index >= 15 is 0 Å². The third-order valence-electron chi connectivity index (χ3n) is 3.32. The van der Waals surface area contributed by atoms with Crippen molar-refractivity contribution in [3.05, 3.63) is 22.7 Å². The average molecular weight is 300 g/mol. The van der Waals surface area contributed by atoms with Crippen molar-refractivity contribution in [2.24, 2.45) is 0 Å². The van der Waals surface area contributed by atoms with E-state index in [-0.39, 0.29) is 6.79 Å². The smallest absolute Gasteiger partial charge is 0.334 e. The summed E-state index contributed by atoms with van der Waals surface area (Å²) < 4.78 is 15.8. The molecule has 6 nitrogen and oxygen atoms in total. The predicted octanol–water partition coefficient (Wildman–Crippen LogP) is 1.35. The largest absolute Gasteiger partial charge is 0.479 e. The molecule has 7 heteroatoms. The minimum Gasteiger partial charge on any atom is -0.479 e. The number of carbonyl (C=O) groups is 1. The molecule has 0 saturated carbocycles. The van der Waals surface area contributed by atoms with Gasteiger partial charge < -0.3 is 19.3 Å². The van der Waals surface area contributed by atoms with Gasteiger partial charge in [0.25, 0.3) is 0 Å². The SMILES string of the molecule is O=C(O)C1CN(Cc2cc(Cl)c3c(c2)OCO3)CCO1. The van der Waals surface area contributed by atoms with Gasteiger partial charge in [-0.05, 0) is 17.7 Å². The number of carboxylic acids is 1. The third-order valence-corrected chi connectivity index (χ3v) is 3.60. The maximum Gasteiger partial charge on any atom is 0.334 e. The maximum absolute atomic E-state index is 11.0. The van der Waals surface area contributed by atoms with Crippen molar-refractivity contribution >= 4 is 17.6 Å². The normalized spacial score (nSPS) is 21.9. The van der Waals surface area contributed by atoms with Gasteiger partial charge in [-0.3, -0.25) is 4.90 Å². The summed E-state index contributed by atoms with van der Waals surface area (Å²) in [6.45, 7) is 2.24. The van der Waals surface area contributed by atoms with Crippen LogP contribution in [0.1, 0.15) is 5.56 Å². The molecule has 108 valence electrons. The van der Waals surface area contributed by atoms with E-state index in [4.69, 9.17) is 30.9 Å². The lowest BCUT2D eigenvalue weighted by Crippen LogP contribution is -2.45. The standard InChI is InChI=1S/C13H14ClNO5/c14-9-3-8(4-10-12(9)20-7-19-10)5-15-1-2-18-11(6-15)13(16)17/h3-4,11H,1-2,5-7H2,(H,16,17). The molecule has 0 radical (unpaired) electrons. The summed E-state index contributed by atoms with van der Waals surface area (Å²) in [6, 6.07) is 3.69. The zero-order valence-corrected chi connectivity index (χ0v) is 11.4. The fourth-order valence-electron chi connectivity index (χ4n) is 2.37. The van der Waals surface area contributed by atoms with Crippen LogP contribution in [0.2, 0.25) is 5.02 Å². The van der Waals surface area contributed by atoms with Crippen molar-refractivity contribution in [3.63, 3.8) is 0 Å². The fourth-order valence-corrected chi connectivity index (χ4v) is 2.65. The van der Waals surface area contributed by atoms with E-state index in [1.165, 1.54) is 0 Å². The molecule has 0 aromatic heterocycles. The van der Waals surface area contributed by atoms with E-state index in [0.717, 1.165) is 5.56 Å². The first-order chi connectivity index (χ1) is 9.63. The van der Waals surface area contributed by atoms with Crippen LogP contribution in [-0.2, 0) is 16.1 Å². The van der Waals surface area contributed by atoms with E-state index in [2.05, 4.69) is 0 Å². The number of morpholine rings is 1. The van der Waals surface area contributed by atoms with Crippen molar-refractivity contribution in [1.82, 2.24) is 4.90 Å². The molecule has 3 rings (SSSR count). The molecule has 0 amide bonds. The molecule has 0 spiro atoms.